The normalized spacial score (nSPS) is 36.3. The van der Waals surface area contributed by atoms with Gasteiger partial charge in [-0.05, 0) is 37.5 Å². The molecule has 1 aliphatic carbocycles. The van der Waals surface area contributed by atoms with Gasteiger partial charge in [-0.15, -0.1) is 0 Å². The molecular weight excluding hydrogens is 206 g/mol. The van der Waals surface area contributed by atoms with E-state index in [-0.39, 0.29) is 11.3 Å². The van der Waals surface area contributed by atoms with Gasteiger partial charge in [0.15, 0.2) is 0 Å². The van der Waals surface area contributed by atoms with Crippen LogP contribution < -0.4 is 5.32 Å². The number of rotatable bonds is 1. The van der Waals surface area contributed by atoms with Gasteiger partial charge in [0.25, 0.3) is 0 Å². The Morgan fingerprint density at radius 3 is 2.40 bits per heavy atom. The highest BCUT2D eigenvalue weighted by molar-refractivity contribution is 7.80. The van der Waals surface area contributed by atoms with Crippen molar-refractivity contribution >= 4 is 23.1 Å². The highest BCUT2D eigenvalue weighted by Gasteiger charge is 2.46. The zero-order valence-corrected chi connectivity index (χ0v) is 10.3. The molecule has 1 N–H and O–H groups in total. The first kappa shape index (κ1) is 11.1. The molecular formula is C12H19NOS. The third kappa shape index (κ3) is 1.94. The van der Waals surface area contributed by atoms with Crippen LogP contribution in [0.4, 0.5) is 0 Å². The molecule has 2 fully saturated rings. The minimum absolute atomic E-state index is 0.123. The first-order chi connectivity index (χ1) is 7.03. The molecule has 2 aliphatic rings. The topological polar surface area (TPSA) is 29.1 Å². The Kier molecular flexibility index (Phi) is 2.84. The molecule has 0 atom stereocenters. The first-order valence-electron chi connectivity index (χ1n) is 5.88. The van der Waals surface area contributed by atoms with Crippen molar-refractivity contribution in [1.82, 2.24) is 5.32 Å². The van der Waals surface area contributed by atoms with Gasteiger partial charge in [-0.2, -0.15) is 0 Å². The number of amides is 1. The van der Waals surface area contributed by atoms with E-state index in [1.165, 1.54) is 12.8 Å². The lowest BCUT2D eigenvalue weighted by molar-refractivity contribution is -0.129. The maximum atomic E-state index is 11.8. The molecule has 2 rings (SSSR count). The summed E-state index contributed by atoms with van der Waals surface area (Å²) in [6.07, 6.45) is 5.23. The monoisotopic (exact) mass is 225 g/mol. The van der Waals surface area contributed by atoms with Crippen LogP contribution in [0.25, 0.3) is 0 Å². The molecule has 0 bridgehead atoms. The van der Waals surface area contributed by atoms with E-state index < -0.39 is 0 Å². The van der Waals surface area contributed by atoms with Crippen LogP contribution in [0.2, 0.25) is 0 Å². The molecule has 1 aliphatic heterocycles. The maximum absolute atomic E-state index is 11.8. The molecule has 1 spiro atoms. The summed E-state index contributed by atoms with van der Waals surface area (Å²) in [5.41, 5.74) is -0.123. The lowest BCUT2D eigenvalue weighted by Crippen LogP contribution is -2.36. The van der Waals surface area contributed by atoms with Gasteiger partial charge in [0.05, 0.1) is 10.4 Å². The van der Waals surface area contributed by atoms with Crippen molar-refractivity contribution in [2.45, 2.75) is 46.0 Å². The summed E-state index contributed by atoms with van der Waals surface area (Å²) in [7, 11) is 0. The molecule has 1 saturated heterocycles. The van der Waals surface area contributed by atoms with Crippen molar-refractivity contribution in [1.29, 1.82) is 0 Å². The minimum atomic E-state index is -0.123. The zero-order valence-electron chi connectivity index (χ0n) is 9.51. The molecule has 0 aromatic rings. The molecule has 0 radical (unpaired) electrons. The van der Waals surface area contributed by atoms with Gasteiger partial charge in [-0.3, -0.25) is 4.79 Å². The molecule has 1 heterocycles. The van der Waals surface area contributed by atoms with Crippen LogP contribution in [0, 0.1) is 17.3 Å². The predicted molar refractivity (Wildman–Crippen MR) is 64.6 cm³/mol. The minimum Gasteiger partial charge on any atom is -0.320 e. The van der Waals surface area contributed by atoms with E-state index in [1.54, 1.807) is 0 Å². The van der Waals surface area contributed by atoms with Crippen molar-refractivity contribution in [3.05, 3.63) is 0 Å². The fraction of sp³-hybridized carbons (Fsp3) is 0.833. The SMILES string of the molecule is CC(C)C1CCC2(CC1)CC(=S)NC2=O. The van der Waals surface area contributed by atoms with Gasteiger partial charge in [-0.25, -0.2) is 0 Å². The smallest absolute Gasteiger partial charge is 0.231 e. The van der Waals surface area contributed by atoms with Gasteiger partial charge in [-0.1, -0.05) is 26.1 Å². The number of hydrogen-bond donors (Lipinski definition) is 1. The average Bonchev–Trinajstić information content (AvgIpc) is 2.42. The number of thiocarbonyl (C=S) groups is 1. The van der Waals surface area contributed by atoms with Crippen molar-refractivity contribution < 1.29 is 4.79 Å². The van der Waals surface area contributed by atoms with Crippen molar-refractivity contribution in [2.24, 2.45) is 17.3 Å². The predicted octanol–water partition coefficient (Wildman–Crippen LogP) is 2.67. The third-order valence-corrected chi connectivity index (χ3v) is 4.41. The first-order valence-corrected chi connectivity index (χ1v) is 6.29. The summed E-state index contributed by atoms with van der Waals surface area (Å²) >= 11 is 5.10. The van der Waals surface area contributed by atoms with Crippen LogP contribution in [0.1, 0.15) is 46.0 Å². The molecule has 3 heteroatoms. The zero-order chi connectivity index (χ0) is 11.1. The lowest BCUT2D eigenvalue weighted by atomic mass is 9.67. The molecule has 0 aromatic carbocycles. The van der Waals surface area contributed by atoms with Gasteiger partial charge in [0.2, 0.25) is 5.91 Å². The third-order valence-electron chi connectivity index (χ3n) is 4.16. The van der Waals surface area contributed by atoms with Crippen molar-refractivity contribution in [3.63, 3.8) is 0 Å². The van der Waals surface area contributed by atoms with Crippen LogP contribution >= 0.6 is 12.2 Å². The Hall–Kier alpha value is -0.440. The quantitative estimate of drug-likeness (QED) is 0.695. The second-order valence-electron chi connectivity index (χ2n) is 5.42. The molecule has 0 unspecified atom stereocenters. The Bertz CT molecular complexity index is 290. The average molecular weight is 225 g/mol. The Balaban J connectivity index is 2.03. The standard InChI is InChI=1S/C12H19NOS/c1-8(2)9-3-5-12(6-4-9)7-10(15)13-11(12)14/h8-9H,3-7H2,1-2H3,(H,13,14,15). The number of carbonyl (C=O) groups is 1. The van der Waals surface area contributed by atoms with Crippen LogP contribution in [0.3, 0.4) is 0 Å². The van der Waals surface area contributed by atoms with E-state index in [4.69, 9.17) is 12.2 Å². The van der Waals surface area contributed by atoms with E-state index >= 15 is 0 Å². The summed E-state index contributed by atoms with van der Waals surface area (Å²) in [6.45, 7) is 4.56. The molecule has 1 saturated carbocycles. The largest absolute Gasteiger partial charge is 0.320 e. The maximum Gasteiger partial charge on any atom is 0.231 e. The molecule has 0 aromatic heterocycles. The second kappa shape index (κ2) is 3.85. The molecule has 84 valence electrons. The van der Waals surface area contributed by atoms with Gasteiger partial charge in [0.1, 0.15) is 0 Å². The van der Waals surface area contributed by atoms with Gasteiger partial charge < -0.3 is 5.32 Å². The van der Waals surface area contributed by atoms with E-state index in [0.29, 0.717) is 0 Å². The van der Waals surface area contributed by atoms with Crippen LogP contribution in [0.5, 0.6) is 0 Å². The van der Waals surface area contributed by atoms with Crippen LogP contribution in [-0.2, 0) is 4.79 Å². The van der Waals surface area contributed by atoms with E-state index in [0.717, 1.165) is 36.1 Å². The Morgan fingerprint density at radius 1 is 1.40 bits per heavy atom. The number of nitrogens with one attached hydrogen (secondary N) is 1. The number of hydrogen-bond acceptors (Lipinski definition) is 2. The van der Waals surface area contributed by atoms with Crippen molar-refractivity contribution in [2.75, 3.05) is 0 Å². The van der Waals surface area contributed by atoms with Gasteiger partial charge >= 0.3 is 0 Å². The number of carbonyl (C=O) groups excluding carboxylic acids is 1. The Morgan fingerprint density at radius 2 is 2.00 bits per heavy atom. The summed E-state index contributed by atoms with van der Waals surface area (Å²) < 4.78 is 0. The lowest BCUT2D eigenvalue weighted by Gasteiger charge is -2.36. The summed E-state index contributed by atoms with van der Waals surface area (Å²) in [6, 6.07) is 0. The summed E-state index contributed by atoms with van der Waals surface area (Å²) in [4.78, 5) is 12.6. The van der Waals surface area contributed by atoms with E-state index in [9.17, 15) is 4.79 Å². The molecule has 15 heavy (non-hydrogen) atoms. The van der Waals surface area contributed by atoms with Gasteiger partial charge in [0, 0.05) is 6.42 Å². The molecule has 1 amide bonds. The summed E-state index contributed by atoms with van der Waals surface area (Å²) in [5.74, 6) is 1.74. The van der Waals surface area contributed by atoms with E-state index in [2.05, 4.69) is 19.2 Å². The highest BCUT2D eigenvalue weighted by atomic mass is 32.1. The summed E-state index contributed by atoms with van der Waals surface area (Å²) in [5, 5.41) is 2.81. The van der Waals surface area contributed by atoms with Crippen molar-refractivity contribution in [3.8, 4) is 0 Å². The fourth-order valence-electron chi connectivity index (χ4n) is 2.95. The Labute approximate surface area is 96.8 Å². The van der Waals surface area contributed by atoms with Crippen LogP contribution in [-0.4, -0.2) is 10.9 Å². The molecule has 2 nitrogen and oxygen atoms in total. The fourth-order valence-corrected chi connectivity index (χ4v) is 3.32. The van der Waals surface area contributed by atoms with Crippen LogP contribution in [0.15, 0.2) is 0 Å². The highest BCUT2D eigenvalue weighted by Crippen LogP contribution is 2.46. The van der Waals surface area contributed by atoms with E-state index in [1.807, 2.05) is 0 Å². The second-order valence-corrected chi connectivity index (χ2v) is 5.91.